The van der Waals surface area contributed by atoms with Gasteiger partial charge in [0.1, 0.15) is 5.75 Å². The number of hydrogen-bond acceptors (Lipinski definition) is 6. The summed E-state index contributed by atoms with van der Waals surface area (Å²) in [6, 6.07) is 6.02. The Morgan fingerprint density at radius 3 is 2.15 bits per heavy atom. The molecule has 146 valence electrons. The Morgan fingerprint density at radius 2 is 1.67 bits per heavy atom. The first-order valence-corrected chi connectivity index (χ1v) is 10.1. The second-order valence-electron chi connectivity index (χ2n) is 6.27. The topological polar surface area (TPSA) is 95.7 Å². The number of nitrogen functional groups attached to an aromatic ring is 1. The first-order chi connectivity index (χ1) is 12.7. The van der Waals surface area contributed by atoms with E-state index in [0.717, 1.165) is 6.42 Å². The molecule has 2 N–H and O–H groups in total. The molecule has 0 aromatic heterocycles. The highest BCUT2D eigenvalue weighted by Gasteiger charge is 2.32. The molecule has 2 rings (SSSR count). The Morgan fingerprint density at radius 1 is 1.07 bits per heavy atom. The Balaban J connectivity index is 2.89. The summed E-state index contributed by atoms with van der Waals surface area (Å²) in [5, 5.41) is 0. The van der Waals surface area contributed by atoms with Crippen LogP contribution in [0.4, 0.5) is 5.69 Å². The molecule has 0 spiro atoms. The van der Waals surface area contributed by atoms with Crippen molar-refractivity contribution < 1.29 is 22.7 Å². The van der Waals surface area contributed by atoms with Crippen molar-refractivity contribution >= 4 is 21.5 Å². The molecule has 0 aliphatic heterocycles. The van der Waals surface area contributed by atoms with Crippen LogP contribution in [0.5, 0.6) is 5.75 Å². The van der Waals surface area contributed by atoms with Gasteiger partial charge in [-0.1, -0.05) is 13.3 Å². The zero-order chi connectivity index (χ0) is 20.4. The number of methoxy groups -OCH3 is 2. The summed E-state index contributed by atoms with van der Waals surface area (Å²) in [5.74, 6) is -0.148. The van der Waals surface area contributed by atoms with Crippen LogP contribution in [-0.4, -0.2) is 28.6 Å². The number of sulfone groups is 1. The minimum Gasteiger partial charge on any atom is -0.497 e. The summed E-state index contributed by atoms with van der Waals surface area (Å²) in [4.78, 5) is 12.5. The van der Waals surface area contributed by atoms with Crippen LogP contribution in [0, 0.1) is 13.8 Å². The quantitative estimate of drug-likeness (QED) is 0.598. The van der Waals surface area contributed by atoms with E-state index in [1.165, 1.54) is 26.4 Å². The zero-order valence-electron chi connectivity index (χ0n) is 16.3. The second-order valence-corrected chi connectivity index (χ2v) is 8.15. The number of carbonyl (C=O) groups is 1. The third-order valence-corrected chi connectivity index (χ3v) is 6.60. The van der Waals surface area contributed by atoms with Gasteiger partial charge in [-0.25, -0.2) is 13.2 Å². The number of hydrogen-bond donors (Lipinski definition) is 1. The molecule has 6 nitrogen and oxygen atoms in total. The Labute approximate surface area is 160 Å². The molecule has 0 atom stereocenters. The van der Waals surface area contributed by atoms with E-state index in [9.17, 15) is 13.2 Å². The van der Waals surface area contributed by atoms with Crippen molar-refractivity contribution in [3.63, 3.8) is 0 Å². The van der Waals surface area contributed by atoms with E-state index in [-0.39, 0.29) is 15.4 Å². The summed E-state index contributed by atoms with van der Waals surface area (Å²) in [5.41, 5.74) is 8.32. The Kier molecular flexibility index (Phi) is 6.15. The normalized spacial score (nSPS) is 11.3. The van der Waals surface area contributed by atoms with Crippen LogP contribution in [0.25, 0.3) is 0 Å². The SMILES string of the molecule is CCCc1c(C)c(N)c(C)c(S(=O)(=O)c2ccc(OC)cc2)c1C(=O)OC. The molecule has 0 aliphatic rings. The van der Waals surface area contributed by atoms with Gasteiger partial charge >= 0.3 is 5.97 Å². The summed E-state index contributed by atoms with van der Waals surface area (Å²) in [6.07, 6.45) is 1.25. The molecule has 0 aliphatic carbocycles. The average molecular weight is 391 g/mol. The molecule has 0 bridgehead atoms. The first kappa shape index (κ1) is 20.8. The average Bonchev–Trinajstić information content (AvgIpc) is 2.67. The fraction of sp³-hybridized carbons (Fsp3) is 0.350. The van der Waals surface area contributed by atoms with Crippen LogP contribution in [0.15, 0.2) is 34.1 Å². The highest BCUT2D eigenvalue weighted by molar-refractivity contribution is 7.91. The predicted octanol–water partition coefficient (Wildman–Crippen LogP) is 3.47. The van der Waals surface area contributed by atoms with Gasteiger partial charge in [0.05, 0.1) is 29.6 Å². The van der Waals surface area contributed by atoms with Gasteiger partial charge in [0.25, 0.3) is 0 Å². The third-order valence-electron chi connectivity index (χ3n) is 4.66. The Bertz CT molecular complexity index is 963. The lowest BCUT2D eigenvalue weighted by Crippen LogP contribution is -2.18. The Hall–Kier alpha value is -2.54. The molecule has 0 amide bonds. The minimum absolute atomic E-state index is 0.0576. The predicted molar refractivity (Wildman–Crippen MR) is 104 cm³/mol. The number of benzene rings is 2. The number of nitrogens with two attached hydrogens (primary N) is 1. The highest BCUT2D eigenvalue weighted by atomic mass is 32.2. The van der Waals surface area contributed by atoms with Gasteiger partial charge in [-0.05, 0) is 61.2 Å². The lowest BCUT2D eigenvalue weighted by molar-refractivity contribution is 0.0594. The van der Waals surface area contributed by atoms with Crippen LogP contribution in [0.2, 0.25) is 0 Å². The van der Waals surface area contributed by atoms with Crippen molar-refractivity contribution in [3.05, 3.63) is 46.5 Å². The van der Waals surface area contributed by atoms with Crippen LogP contribution < -0.4 is 10.5 Å². The summed E-state index contributed by atoms with van der Waals surface area (Å²) in [6.45, 7) is 5.36. The summed E-state index contributed by atoms with van der Waals surface area (Å²) in [7, 11) is -1.26. The zero-order valence-corrected chi connectivity index (χ0v) is 17.1. The van der Waals surface area contributed by atoms with Crippen molar-refractivity contribution in [2.45, 2.75) is 43.4 Å². The van der Waals surface area contributed by atoms with Crippen molar-refractivity contribution in [1.82, 2.24) is 0 Å². The number of ether oxygens (including phenoxy) is 2. The van der Waals surface area contributed by atoms with Gasteiger partial charge in [0, 0.05) is 5.69 Å². The van der Waals surface area contributed by atoms with Gasteiger partial charge in [0.2, 0.25) is 9.84 Å². The third kappa shape index (κ3) is 3.64. The molecular formula is C20H25NO5S. The molecule has 0 radical (unpaired) electrons. The van der Waals surface area contributed by atoms with E-state index >= 15 is 0 Å². The largest absolute Gasteiger partial charge is 0.497 e. The molecule has 0 saturated heterocycles. The van der Waals surface area contributed by atoms with E-state index in [4.69, 9.17) is 15.2 Å². The van der Waals surface area contributed by atoms with Crippen molar-refractivity contribution in [3.8, 4) is 5.75 Å². The summed E-state index contributed by atoms with van der Waals surface area (Å²) >= 11 is 0. The van der Waals surface area contributed by atoms with Gasteiger partial charge < -0.3 is 15.2 Å². The molecule has 2 aromatic rings. The molecule has 2 aromatic carbocycles. The van der Waals surface area contributed by atoms with E-state index in [2.05, 4.69) is 0 Å². The van der Waals surface area contributed by atoms with E-state index in [0.29, 0.717) is 34.5 Å². The van der Waals surface area contributed by atoms with Gasteiger partial charge in [-0.15, -0.1) is 0 Å². The minimum atomic E-state index is -4.00. The fourth-order valence-corrected chi connectivity index (χ4v) is 4.89. The summed E-state index contributed by atoms with van der Waals surface area (Å²) < 4.78 is 36.8. The maximum atomic E-state index is 13.4. The standard InChI is InChI=1S/C20H25NO5S/c1-6-7-16-12(2)18(21)13(3)19(17(16)20(22)26-5)27(23,24)15-10-8-14(25-4)9-11-15/h8-11H,6-7,21H2,1-5H3. The molecular weight excluding hydrogens is 366 g/mol. The second kappa shape index (κ2) is 8.00. The number of esters is 1. The molecule has 0 unspecified atom stereocenters. The molecule has 0 saturated carbocycles. The lowest BCUT2D eigenvalue weighted by Gasteiger charge is -2.21. The van der Waals surface area contributed by atoms with Gasteiger partial charge in [0.15, 0.2) is 0 Å². The number of anilines is 1. The van der Waals surface area contributed by atoms with Crippen LogP contribution in [0.3, 0.4) is 0 Å². The van der Waals surface area contributed by atoms with Crippen LogP contribution >= 0.6 is 0 Å². The van der Waals surface area contributed by atoms with Gasteiger partial charge in [-0.3, -0.25) is 0 Å². The molecule has 27 heavy (non-hydrogen) atoms. The molecule has 7 heteroatoms. The monoisotopic (exact) mass is 391 g/mol. The fourth-order valence-electron chi connectivity index (χ4n) is 3.17. The maximum absolute atomic E-state index is 13.4. The van der Waals surface area contributed by atoms with Crippen molar-refractivity contribution in [1.29, 1.82) is 0 Å². The highest BCUT2D eigenvalue weighted by Crippen LogP contribution is 2.37. The molecule has 0 fully saturated rings. The molecule has 0 heterocycles. The van der Waals surface area contributed by atoms with E-state index in [1.54, 1.807) is 26.0 Å². The number of carbonyl (C=O) groups excluding carboxylic acids is 1. The van der Waals surface area contributed by atoms with E-state index in [1.807, 2.05) is 6.92 Å². The van der Waals surface area contributed by atoms with Crippen LogP contribution in [-0.2, 0) is 21.0 Å². The lowest BCUT2D eigenvalue weighted by atomic mass is 9.93. The van der Waals surface area contributed by atoms with Crippen LogP contribution in [0.1, 0.15) is 40.4 Å². The van der Waals surface area contributed by atoms with Crippen molar-refractivity contribution in [2.24, 2.45) is 0 Å². The van der Waals surface area contributed by atoms with Crippen molar-refractivity contribution in [2.75, 3.05) is 20.0 Å². The first-order valence-electron chi connectivity index (χ1n) is 8.59. The van der Waals surface area contributed by atoms with E-state index < -0.39 is 15.8 Å². The van der Waals surface area contributed by atoms with Gasteiger partial charge in [-0.2, -0.15) is 0 Å². The maximum Gasteiger partial charge on any atom is 0.339 e. The number of rotatable bonds is 6. The smallest absolute Gasteiger partial charge is 0.339 e.